The third kappa shape index (κ3) is 3.81. The van der Waals surface area contributed by atoms with E-state index in [9.17, 15) is 0 Å². The van der Waals surface area contributed by atoms with E-state index >= 15 is 0 Å². The second-order valence-electron chi connectivity index (χ2n) is 12.6. The van der Waals surface area contributed by atoms with E-state index in [1.807, 2.05) is 13.1 Å². The minimum Gasteiger partial charge on any atom is -0.454 e. The van der Waals surface area contributed by atoms with Gasteiger partial charge in [-0.05, 0) is 55.1 Å². The number of hydrogen-bond acceptors (Lipinski definition) is 2. The van der Waals surface area contributed by atoms with Crippen LogP contribution in [0, 0.1) is 0 Å². The van der Waals surface area contributed by atoms with Crippen molar-refractivity contribution in [2.75, 3.05) is 7.05 Å². The van der Waals surface area contributed by atoms with Crippen molar-refractivity contribution in [3.63, 3.8) is 0 Å². The molecule has 10 aromatic rings. The Morgan fingerprint density at radius 1 is 0.479 bits per heavy atom. The molecule has 228 valence electrons. The summed E-state index contributed by atoms with van der Waals surface area (Å²) < 4.78 is 11.6. The van der Waals surface area contributed by atoms with E-state index in [1.54, 1.807) is 0 Å². The zero-order valence-corrected chi connectivity index (χ0v) is 26.4. The Bertz CT molecular complexity index is 2810. The van der Waals surface area contributed by atoms with Gasteiger partial charge in [0.2, 0.25) is 0 Å². The van der Waals surface area contributed by atoms with Crippen LogP contribution in [0.3, 0.4) is 0 Å². The van der Waals surface area contributed by atoms with Crippen molar-refractivity contribution in [2.45, 2.75) is 6.54 Å². The SMILES string of the molecule is CNCc1ccc(-c2ccccc2-n2c3ccccc3c3ccccc32)c(-n2c3ccccc3c3ccc4c5ccccc5oc4c32)c1. The molecule has 0 atom stereocenters. The van der Waals surface area contributed by atoms with Crippen LogP contribution in [0.2, 0.25) is 0 Å². The lowest BCUT2D eigenvalue weighted by molar-refractivity contribution is 0.671. The molecule has 0 saturated carbocycles. The minimum absolute atomic E-state index is 0.763. The summed E-state index contributed by atoms with van der Waals surface area (Å²) in [5.41, 5.74) is 12.2. The Hall–Kier alpha value is -6.10. The number of hydrogen-bond donors (Lipinski definition) is 1. The Labute approximate surface area is 277 Å². The number of aromatic nitrogens is 2. The molecule has 0 aliphatic rings. The lowest BCUT2D eigenvalue weighted by atomic mass is 9.98. The fraction of sp³-hybridized carbons (Fsp3) is 0.0455. The average molecular weight is 618 g/mol. The van der Waals surface area contributed by atoms with E-state index in [0.29, 0.717) is 0 Å². The lowest BCUT2D eigenvalue weighted by Crippen LogP contribution is -2.07. The molecule has 0 spiro atoms. The van der Waals surface area contributed by atoms with Gasteiger partial charge in [-0.15, -0.1) is 0 Å². The summed E-state index contributed by atoms with van der Waals surface area (Å²) in [5, 5.41) is 10.5. The van der Waals surface area contributed by atoms with Gasteiger partial charge in [0, 0.05) is 50.0 Å². The Morgan fingerprint density at radius 2 is 1.04 bits per heavy atom. The number of furan rings is 1. The van der Waals surface area contributed by atoms with Gasteiger partial charge in [0.25, 0.3) is 0 Å². The van der Waals surface area contributed by atoms with Gasteiger partial charge in [-0.25, -0.2) is 0 Å². The van der Waals surface area contributed by atoms with E-state index < -0.39 is 0 Å². The average Bonchev–Trinajstić information content (AvgIpc) is 3.80. The standard InChI is InChI=1S/C44H31N3O/c1-45-27-28-22-23-33(31-14-4-9-19-39(31)46-37-17-7-2-12-29(37)30-13-3-8-18-38(30)46)41(26-28)47-40-20-10-5-15-32(40)35-24-25-36-34-16-6-11-21-42(34)48-44(36)43(35)47/h2-26,45H,27H2,1H3. The lowest BCUT2D eigenvalue weighted by Gasteiger charge is -2.19. The van der Waals surface area contributed by atoms with Crippen LogP contribution in [0.5, 0.6) is 0 Å². The maximum Gasteiger partial charge on any atom is 0.160 e. The van der Waals surface area contributed by atoms with Crippen LogP contribution in [-0.4, -0.2) is 16.2 Å². The predicted molar refractivity (Wildman–Crippen MR) is 201 cm³/mol. The van der Waals surface area contributed by atoms with Crippen molar-refractivity contribution in [3.8, 4) is 22.5 Å². The number of fused-ring (bicyclic) bond motifs is 10. The number of rotatable bonds is 5. The van der Waals surface area contributed by atoms with Gasteiger partial charge in [-0.2, -0.15) is 0 Å². The van der Waals surface area contributed by atoms with E-state index in [0.717, 1.165) is 62.0 Å². The van der Waals surface area contributed by atoms with Crippen molar-refractivity contribution >= 4 is 65.6 Å². The minimum atomic E-state index is 0.763. The molecule has 4 heteroatoms. The molecular weight excluding hydrogens is 587 g/mol. The summed E-state index contributed by atoms with van der Waals surface area (Å²) in [5.74, 6) is 0. The first-order valence-corrected chi connectivity index (χ1v) is 16.5. The molecule has 0 amide bonds. The van der Waals surface area contributed by atoms with Crippen LogP contribution >= 0.6 is 0 Å². The number of nitrogens with one attached hydrogen (secondary N) is 1. The molecule has 3 aromatic heterocycles. The van der Waals surface area contributed by atoms with Crippen LogP contribution in [0.15, 0.2) is 156 Å². The molecule has 0 aliphatic heterocycles. The third-order valence-electron chi connectivity index (χ3n) is 9.88. The van der Waals surface area contributed by atoms with Crippen molar-refractivity contribution in [1.82, 2.24) is 14.5 Å². The fourth-order valence-corrected chi connectivity index (χ4v) is 7.86. The molecule has 0 fully saturated rings. The van der Waals surface area contributed by atoms with Crippen LogP contribution < -0.4 is 5.32 Å². The highest BCUT2D eigenvalue weighted by atomic mass is 16.3. The molecule has 0 aliphatic carbocycles. The topological polar surface area (TPSA) is 35.0 Å². The zero-order valence-electron chi connectivity index (χ0n) is 26.4. The van der Waals surface area contributed by atoms with Gasteiger partial charge in [-0.1, -0.05) is 109 Å². The highest BCUT2D eigenvalue weighted by Gasteiger charge is 2.23. The van der Waals surface area contributed by atoms with Gasteiger partial charge < -0.3 is 18.9 Å². The van der Waals surface area contributed by atoms with Gasteiger partial charge >= 0.3 is 0 Å². The first-order valence-electron chi connectivity index (χ1n) is 16.5. The zero-order chi connectivity index (χ0) is 31.8. The maximum atomic E-state index is 6.72. The summed E-state index contributed by atoms with van der Waals surface area (Å²) in [7, 11) is 2.00. The molecule has 0 radical (unpaired) electrons. The van der Waals surface area contributed by atoms with Crippen LogP contribution in [0.1, 0.15) is 5.56 Å². The third-order valence-corrected chi connectivity index (χ3v) is 9.88. The molecule has 10 rings (SSSR count). The molecule has 0 saturated heterocycles. The van der Waals surface area contributed by atoms with Gasteiger partial charge in [0.15, 0.2) is 5.58 Å². The van der Waals surface area contributed by atoms with E-state index in [2.05, 4.69) is 160 Å². The van der Waals surface area contributed by atoms with E-state index in [-0.39, 0.29) is 0 Å². The molecule has 0 unspecified atom stereocenters. The summed E-state index contributed by atoms with van der Waals surface area (Å²) in [6, 6.07) is 54.7. The van der Waals surface area contributed by atoms with E-state index in [4.69, 9.17) is 4.42 Å². The molecule has 4 nitrogen and oxygen atoms in total. The highest BCUT2D eigenvalue weighted by Crippen LogP contribution is 2.44. The van der Waals surface area contributed by atoms with Crippen molar-refractivity contribution in [3.05, 3.63) is 157 Å². The molecule has 1 N–H and O–H groups in total. The molecular formula is C44H31N3O. The monoisotopic (exact) mass is 617 g/mol. The maximum absolute atomic E-state index is 6.72. The van der Waals surface area contributed by atoms with Gasteiger partial charge in [0.05, 0.1) is 33.4 Å². The first kappa shape index (κ1) is 27.1. The van der Waals surface area contributed by atoms with Crippen molar-refractivity contribution in [2.24, 2.45) is 0 Å². The second-order valence-corrected chi connectivity index (χ2v) is 12.6. The fourth-order valence-electron chi connectivity index (χ4n) is 7.86. The summed E-state index contributed by atoms with van der Waals surface area (Å²) >= 11 is 0. The summed E-state index contributed by atoms with van der Waals surface area (Å²) in [6.45, 7) is 0.763. The Morgan fingerprint density at radius 3 is 1.77 bits per heavy atom. The summed E-state index contributed by atoms with van der Waals surface area (Å²) in [6.07, 6.45) is 0. The van der Waals surface area contributed by atoms with Gasteiger partial charge in [-0.3, -0.25) is 0 Å². The van der Waals surface area contributed by atoms with E-state index in [1.165, 1.54) is 38.1 Å². The summed E-state index contributed by atoms with van der Waals surface area (Å²) in [4.78, 5) is 0. The van der Waals surface area contributed by atoms with Crippen LogP contribution in [-0.2, 0) is 6.54 Å². The van der Waals surface area contributed by atoms with Crippen molar-refractivity contribution in [1.29, 1.82) is 0 Å². The second kappa shape index (κ2) is 10.5. The number of nitrogens with zero attached hydrogens (tertiary/aromatic N) is 2. The Kier molecular flexibility index (Phi) is 5.90. The van der Waals surface area contributed by atoms with Crippen LogP contribution in [0.4, 0.5) is 0 Å². The van der Waals surface area contributed by atoms with Crippen LogP contribution in [0.25, 0.3) is 88.1 Å². The predicted octanol–water partition coefficient (Wildman–Crippen LogP) is 11.2. The molecule has 7 aromatic carbocycles. The quantitative estimate of drug-likeness (QED) is 0.209. The largest absolute Gasteiger partial charge is 0.454 e. The number of para-hydroxylation sites is 5. The number of benzene rings is 7. The molecule has 3 heterocycles. The van der Waals surface area contributed by atoms with Crippen molar-refractivity contribution < 1.29 is 4.42 Å². The van der Waals surface area contributed by atoms with Gasteiger partial charge in [0.1, 0.15) is 5.58 Å². The highest BCUT2D eigenvalue weighted by molar-refractivity contribution is 6.21. The molecule has 48 heavy (non-hydrogen) atoms. The molecule has 0 bridgehead atoms. The Balaban J connectivity index is 1.34. The normalized spacial score (nSPS) is 12.0. The smallest absolute Gasteiger partial charge is 0.160 e. The first-order chi connectivity index (χ1) is 23.8.